The number of para-hydroxylation sites is 1. The van der Waals surface area contributed by atoms with Crippen molar-refractivity contribution in [2.45, 2.75) is 25.9 Å². The molecule has 1 amide bonds. The molecule has 1 aliphatic rings. The van der Waals surface area contributed by atoms with Gasteiger partial charge in [-0.15, -0.1) is 0 Å². The molecule has 0 bridgehead atoms. The van der Waals surface area contributed by atoms with Gasteiger partial charge in [-0.25, -0.2) is 4.98 Å². The number of aromatic nitrogens is 2. The minimum atomic E-state index is -0.358. The number of amides is 1. The lowest BCUT2D eigenvalue weighted by molar-refractivity contribution is -0.122. The van der Waals surface area contributed by atoms with Crippen LogP contribution in [0.4, 0.5) is 0 Å². The van der Waals surface area contributed by atoms with E-state index in [2.05, 4.69) is 29.0 Å². The summed E-state index contributed by atoms with van der Waals surface area (Å²) in [6.45, 7) is 7.66. The highest BCUT2D eigenvalue weighted by molar-refractivity contribution is 6.01. The molecule has 8 nitrogen and oxygen atoms in total. The molecule has 0 aliphatic carbocycles. The summed E-state index contributed by atoms with van der Waals surface area (Å²) in [5, 5.41) is 3.72. The van der Waals surface area contributed by atoms with E-state index in [0.29, 0.717) is 30.9 Å². The molecule has 2 aromatic heterocycles. The Morgan fingerprint density at radius 1 is 1.25 bits per heavy atom. The quantitative estimate of drug-likeness (QED) is 0.715. The van der Waals surface area contributed by atoms with Crippen molar-refractivity contribution in [2.75, 3.05) is 32.8 Å². The monoisotopic (exact) mass is 384 g/mol. The minimum Gasteiger partial charge on any atom is -0.448 e. The summed E-state index contributed by atoms with van der Waals surface area (Å²) in [4.78, 5) is 31.8. The highest BCUT2D eigenvalue weighted by Gasteiger charge is 2.28. The predicted molar refractivity (Wildman–Crippen MR) is 105 cm³/mol. The van der Waals surface area contributed by atoms with Gasteiger partial charge < -0.3 is 14.5 Å². The van der Waals surface area contributed by atoms with Crippen molar-refractivity contribution in [2.24, 2.45) is 0 Å². The Balaban J connectivity index is 1.47. The first kappa shape index (κ1) is 18.6. The van der Waals surface area contributed by atoms with Crippen LogP contribution in [-0.2, 0) is 16.1 Å². The van der Waals surface area contributed by atoms with Crippen LogP contribution in [0.25, 0.3) is 22.1 Å². The molecule has 1 aliphatic heterocycles. The molecule has 8 heteroatoms. The molecule has 0 unspecified atom stereocenters. The minimum absolute atomic E-state index is 0.0992. The van der Waals surface area contributed by atoms with Gasteiger partial charge in [-0.3, -0.25) is 19.1 Å². The van der Waals surface area contributed by atoms with E-state index >= 15 is 0 Å². The molecule has 1 N–H and O–H groups in total. The van der Waals surface area contributed by atoms with Crippen molar-refractivity contribution in [1.29, 1.82) is 0 Å². The summed E-state index contributed by atoms with van der Waals surface area (Å²) in [5.74, 6) is -0.235. The molecular formula is C20H24N4O4. The number of carbonyl (C=O) groups excluding carboxylic acids is 1. The first-order chi connectivity index (χ1) is 13.5. The van der Waals surface area contributed by atoms with Crippen molar-refractivity contribution >= 4 is 28.0 Å². The van der Waals surface area contributed by atoms with Gasteiger partial charge in [0.2, 0.25) is 11.5 Å². The number of rotatable bonds is 5. The number of ether oxygens (including phenoxy) is 1. The Bertz CT molecular complexity index is 1060. The Kier molecular flexibility index (Phi) is 4.91. The fourth-order valence-electron chi connectivity index (χ4n) is 3.53. The van der Waals surface area contributed by atoms with Crippen LogP contribution in [0.15, 0.2) is 39.8 Å². The van der Waals surface area contributed by atoms with Crippen LogP contribution in [0.5, 0.6) is 0 Å². The fraction of sp³-hybridized carbons (Fsp3) is 0.450. The Hall–Kier alpha value is -2.71. The van der Waals surface area contributed by atoms with Crippen LogP contribution in [0.2, 0.25) is 0 Å². The number of hydrogen-bond acceptors (Lipinski definition) is 6. The third-order valence-corrected chi connectivity index (χ3v) is 5.25. The number of hydrogen-bond donors (Lipinski definition) is 1. The first-order valence-electron chi connectivity index (χ1n) is 9.42. The second kappa shape index (κ2) is 7.37. The zero-order valence-corrected chi connectivity index (χ0v) is 16.1. The van der Waals surface area contributed by atoms with Crippen LogP contribution in [-0.4, -0.2) is 58.7 Å². The van der Waals surface area contributed by atoms with Crippen molar-refractivity contribution in [1.82, 2.24) is 19.8 Å². The molecule has 1 saturated heterocycles. The molecule has 1 aromatic carbocycles. The van der Waals surface area contributed by atoms with E-state index in [1.807, 2.05) is 18.2 Å². The number of benzene rings is 1. The van der Waals surface area contributed by atoms with Crippen molar-refractivity contribution in [3.05, 3.63) is 40.9 Å². The van der Waals surface area contributed by atoms with E-state index in [1.54, 1.807) is 6.07 Å². The maximum atomic E-state index is 12.7. The number of nitrogens with zero attached hydrogens (tertiary/aromatic N) is 3. The lowest BCUT2D eigenvalue weighted by Gasteiger charge is -2.40. The molecule has 0 spiro atoms. The second-order valence-electron chi connectivity index (χ2n) is 7.64. The van der Waals surface area contributed by atoms with Crippen LogP contribution in [0.3, 0.4) is 0 Å². The van der Waals surface area contributed by atoms with Crippen molar-refractivity contribution in [3.63, 3.8) is 0 Å². The van der Waals surface area contributed by atoms with Crippen LogP contribution in [0, 0.1) is 0 Å². The standard InChI is InChI=1S/C20H24N4O4/c1-20(2,24-7-9-27-10-8-24)12-21-16(25)11-23-13-22-17-14-5-3-4-6-15(14)28-18(17)19(23)26/h3-6,13H,7-12H2,1-2H3,(H,21,25). The lowest BCUT2D eigenvalue weighted by atomic mass is 10.0. The number of nitrogens with one attached hydrogen (secondary N) is 1. The summed E-state index contributed by atoms with van der Waals surface area (Å²) in [6.07, 6.45) is 1.40. The number of morpholine rings is 1. The van der Waals surface area contributed by atoms with Gasteiger partial charge in [0.1, 0.15) is 17.6 Å². The van der Waals surface area contributed by atoms with E-state index in [4.69, 9.17) is 9.15 Å². The third-order valence-electron chi connectivity index (χ3n) is 5.25. The summed E-state index contributed by atoms with van der Waals surface area (Å²) < 4.78 is 12.3. The van der Waals surface area contributed by atoms with Gasteiger partial charge in [0.15, 0.2) is 0 Å². The van der Waals surface area contributed by atoms with Crippen LogP contribution >= 0.6 is 0 Å². The van der Waals surface area contributed by atoms with Crippen molar-refractivity contribution < 1.29 is 13.9 Å². The van der Waals surface area contributed by atoms with E-state index in [-0.39, 0.29) is 29.1 Å². The molecular weight excluding hydrogens is 360 g/mol. The van der Waals surface area contributed by atoms with E-state index in [1.165, 1.54) is 10.9 Å². The molecule has 4 rings (SSSR count). The largest absolute Gasteiger partial charge is 0.448 e. The highest BCUT2D eigenvalue weighted by Crippen LogP contribution is 2.24. The Morgan fingerprint density at radius 3 is 2.79 bits per heavy atom. The zero-order valence-electron chi connectivity index (χ0n) is 16.1. The van der Waals surface area contributed by atoms with Crippen LogP contribution < -0.4 is 10.9 Å². The van der Waals surface area contributed by atoms with E-state index < -0.39 is 0 Å². The maximum absolute atomic E-state index is 12.7. The molecule has 148 valence electrons. The molecule has 1 fully saturated rings. The number of furan rings is 1. The van der Waals surface area contributed by atoms with Gasteiger partial charge >= 0.3 is 0 Å². The fourth-order valence-corrected chi connectivity index (χ4v) is 3.53. The first-order valence-corrected chi connectivity index (χ1v) is 9.42. The van der Waals surface area contributed by atoms with E-state index in [9.17, 15) is 9.59 Å². The van der Waals surface area contributed by atoms with Gasteiger partial charge in [0.25, 0.3) is 5.56 Å². The smallest absolute Gasteiger partial charge is 0.297 e. The average Bonchev–Trinajstić information content (AvgIpc) is 3.09. The van der Waals surface area contributed by atoms with Crippen molar-refractivity contribution in [3.8, 4) is 0 Å². The zero-order chi connectivity index (χ0) is 19.7. The predicted octanol–water partition coefficient (Wildman–Crippen LogP) is 1.37. The Labute approximate surface area is 162 Å². The van der Waals surface area contributed by atoms with Gasteiger partial charge in [-0.2, -0.15) is 0 Å². The van der Waals surface area contributed by atoms with Gasteiger partial charge in [0.05, 0.1) is 19.5 Å². The van der Waals surface area contributed by atoms with Crippen LogP contribution in [0.1, 0.15) is 13.8 Å². The topological polar surface area (TPSA) is 89.6 Å². The molecule has 0 saturated carbocycles. The Morgan fingerprint density at radius 2 is 2.00 bits per heavy atom. The summed E-state index contributed by atoms with van der Waals surface area (Å²) in [5.41, 5.74) is 0.752. The summed E-state index contributed by atoms with van der Waals surface area (Å²) >= 11 is 0. The second-order valence-corrected chi connectivity index (χ2v) is 7.64. The third kappa shape index (κ3) is 3.53. The van der Waals surface area contributed by atoms with E-state index in [0.717, 1.165) is 18.5 Å². The molecule has 0 atom stereocenters. The van der Waals surface area contributed by atoms with Gasteiger partial charge in [0, 0.05) is 30.6 Å². The summed E-state index contributed by atoms with van der Waals surface area (Å²) in [7, 11) is 0. The lowest BCUT2D eigenvalue weighted by Crippen LogP contribution is -2.55. The normalized spacial score (nSPS) is 15.9. The summed E-state index contributed by atoms with van der Waals surface area (Å²) in [6, 6.07) is 7.36. The molecule has 3 aromatic rings. The SMILES string of the molecule is CC(C)(CNC(=O)Cn1cnc2c(oc3ccccc32)c1=O)N1CCOCC1. The maximum Gasteiger partial charge on any atom is 0.297 e. The molecule has 0 radical (unpaired) electrons. The van der Waals surface area contributed by atoms with Gasteiger partial charge in [-0.1, -0.05) is 12.1 Å². The number of fused-ring (bicyclic) bond motifs is 3. The number of carbonyl (C=O) groups is 1. The molecule has 28 heavy (non-hydrogen) atoms. The molecule has 3 heterocycles. The average molecular weight is 384 g/mol. The highest BCUT2D eigenvalue weighted by atomic mass is 16.5. The van der Waals surface area contributed by atoms with Gasteiger partial charge in [-0.05, 0) is 26.0 Å².